The van der Waals surface area contributed by atoms with Crippen molar-refractivity contribution in [3.63, 3.8) is 0 Å². The molecule has 0 aliphatic heterocycles. The van der Waals surface area contributed by atoms with E-state index in [0.717, 1.165) is 11.9 Å². The molecule has 8 heavy (non-hydrogen) atoms. The monoisotopic (exact) mass is 105 g/mol. The standard InChI is InChI=1S/C6H8BN/c7-5-1-3-6(8)4-2-5/h1-3,6H,4,8H2. The normalized spacial score (nSPS) is 27.6. The van der Waals surface area contributed by atoms with Crippen LogP contribution in [0.25, 0.3) is 0 Å². The number of hydrogen-bond donors (Lipinski definition) is 1. The molecule has 40 valence electrons. The molecule has 1 aliphatic carbocycles. The minimum atomic E-state index is 0.183. The lowest BCUT2D eigenvalue weighted by Crippen LogP contribution is -2.17. The predicted octanol–water partition coefficient (Wildman–Crippen LogP) is 0.326. The van der Waals surface area contributed by atoms with Gasteiger partial charge in [-0.3, -0.25) is 0 Å². The molecule has 1 aliphatic rings. The van der Waals surface area contributed by atoms with E-state index in [2.05, 4.69) is 0 Å². The van der Waals surface area contributed by atoms with Crippen LogP contribution >= 0.6 is 0 Å². The summed E-state index contributed by atoms with van der Waals surface area (Å²) in [6.07, 6.45) is 6.57. The zero-order valence-corrected chi connectivity index (χ0v) is 4.67. The van der Waals surface area contributed by atoms with Gasteiger partial charge in [-0.05, 0) is 6.42 Å². The van der Waals surface area contributed by atoms with E-state index in [4.69, 9.17) is 13.6 Å². The molecule has 0 saturated carbocycles. The molecule has 0 spiro atoms. The molecule has 0 amide bonds. The van der Waals surface area contributed by atoms with E-state index in [-0.39, 0.29) is 6.04 Å². The first-order valence-corrected chi connectivity index (χ1v) is 2.68. The number of allylic oxidation sites excluding steroid dienone is 2. The molecule has 0 saturated heterocycles. The van der Waals surface area contributed by atoms with Gasteiger partial charge in [-0.2, -0.15) is 0 Å². The summed E-state index contributed by atoms with van der Waals surface area (Å²) in [6, 6.07) is 0.183. The minimum absolute atomic E-state index is 0.183. The van der Waals surface area contributed by atoms with Gasteiger partial charge in [0.25, 0.3) is 0 Å². The summed E-state index contributed by atoms with van der Waals surface area (Å²) >= 11 is 0. The van der Waals surface area contributed by atoms with Crippen molar-refractivity contribution in [3.8, 4) is 0 Å². The molecule has 0 bridgehead atoms. The molecule has 1 unspecified atom stereocenters. The first kappa shape index (κ1) is 5.64. The summed E-state index contributed by atoms with van der Waals surface area (Å²) in [5.74, 6) is 0. The lowest BCUT2D eigenvalue weighted by molar-refractivity contribution is 0.824. The smallest absolute Gasteiger partial charge is 0.113 e. The Bertz CT molecular complexity index is 137. The van der Waals surface area contributed by atoms with Gasteiger partial charge in [0.05, 0.1) is 0 Å². The SMILES string of the molecule is [B]C1=CCC(N)C=C1. The fourth-order valence-corrected chi connectivity index (χ4v) is 0.653. The third-order valence-corrected chi connectivity index (χ3v) is 1.16. The number of nitrogens with two attached hydrogens (primary N) is 1. The molecule has 0 aromatic carbocycles. The molecule has 0 aromatic heterocycles. The summed E-state index contributed by atoms with van der Waals surface area (Å²) in [4.78, 5) is 0. The molecule has 2 heteroatoms. The van der Waals surface area contributed by atoms with Gasteiger partial charge in [0.15, 0.2) is 0 Å². The Balaban J connectivity index is 2.58. The third kappa shape index (κ3) is 1.24. The second-order valence-corrected chi connectivity index (χ2v) is 1.96. The number of rotatable bonds is 0. The highest BCUT2D eigenvalue weighted by Crippen LogP contribution is 2.04. The molecule has 1 atom stereocenters. The Kier molecular flexibility index (Phi) is 1.54. The molecule has 1 rings (SSSR count). The maximum atomic E-state index is 5.51. The van der Waals surface area contributed by atoms with Crippen LogP contribution in [0.5, 0.6) is 0 Å². The average Bonchev–Trinajstić information content (AvgIpc) is 1.77. The quantitative estimate of drug-likeness (QED) is 0.441. The Morgan fingerprint density at radius 1 is 1.75 bits per heavy atom. The van der Waals surface area contributed by atoms with Crippen LogP contribution in [0, 0.1) is 0 Å². The summed E-state index contributed by atoms with van der Waals surface area (Å²) in [5, 5.41) is 0. The van der Waals surface area contributed by atoms with Crippen molar-refractivity contribution < 1.29 is 0 Å². The van der Waals surface area contributed by atoms with E-state index in [1.54, 1.807) is 0 Å². The third-order valence-electron chi connectivity index (χ3n) is 1.16. The molecule has 2 N–H and O–H groups in total. The van der Waals surface area contributed by atoms with E-state index in [1.807, 2.05) is 18.2 Å². The highest BCUT2D eigenvalue weighted by molar-refractivity contribution is 6.23. The van der Waals surface area contributed by atoms with Crippen molar-refractivity contribution in [1.82, 2.24) is 0 Å². The molecule has 0 heterocycles. The highest BCUT2D eigenvalue weighted by atomic mass is 14.6. The highest BCUT2D eigenvalue weighted by Gasteiger charge is 1.97. The Morgan fingerprint density at radius 2 is 2.50 bits per heavy atom. The molecule has 0 fully saturated rings. The van der Waals surface area contributed by atoms with E-state index in [0.29, 0.717) is 0 Å². The van der Waals surface area contributed by atoms with Crippen LogP contribution in [0.15, 0.2) is 23.7 Å². The topological polar surface area (TPSA) is 26.0 Å². The lowest BCUT2D eigenvalue weighted by Gasteiger charge is -2.07. The van der Waals surface area contributed by atoms with Crippen LogP contribution in [0.4, 0.5) is 0 Å². The fourth-order valence-electron chi connectivity index (χ4n) is 0.653. The van der Waals surface area contributed by atoms with Crippen LogP contribution < -0.4 is 5.73 Å². The first-order chi connectivity index (χ1) is 3.79. The van der Waals surface area contributed by atoms with Crippen LogP contribution in [-0.2, 0) is 0 Å². The summed E-state index contributed by atoms with van der Waals surface area (Å²) < 4.78 is 0. The van der Waals surface area contributed by atoms with Gasteiger partial charge in [0, 0.05) is 6.04 Å². The maximum absolute atomic E-state index is 5.51. The summed E-state index contributed by atoms with van der Waals surface area (Å²) in [5.41, 5.74) is 6.34. The molecule has 1 nitrogen and oxygen atoms in total. The lowest BCUT2D eigenvalue weighted by atomic mass is 9.89. The van der Waals surface area contributed by atoms with Gasteiger partial charge in [-0.1, -0.05) is 18.2 Å². The number of hydrogen-bond acceptors (Lipinski definition) is 1. The van der Waals surface area contributed by atoms with E-state index in [9.17, 15) is 0 Å². The zero-order valence-electron chi connectivity index (χ0n) is 4.67. The maximum Gasteiger partial charge on any atom is 0.113 e. The molecular weight excluding hydrogens is 96.9 g/mol. The van der Waals surface area contributed by atoms with Crippen molar-refractivity contribution >= 4 is 7.85 Å². The van der Waals surface area contributed by atoms with Gasteiger partial charge in [-0.25, -0.2) is 0 Å². The van der Waals surface area contributed by atoms with Crippen molar-refractivity contribution in [2.75, 3.05) is 0 Å². The van der Waals surface area contributed by atoms with Crippen molar-refractivity contribution in [3.05, 3.63) is 23.7 Å². The van der Waals surface area contributed by atoms with Crippen LogP contribution in [0.3, 0.4) is 0 Å². The van der Waals surface area contributed by atoms with Crippen molar-refractivity contribution in [2.45, 2.75) is 12.5 Å². The Hall–Kier alpha value is -0.495. The summed E-state index contributed by atoms with van der Waals surface area (Å²) in [6.45, 7) is 0. The minimum Gasteiger partial charge on any atom is -0.324 e. The van der Waals surface area contributed by atoms with Gasteiger partial charge < -0.3 is 5.73 Å². The van der Waals surface area contributed by atoms with Gasteiger partial charge in [0.1, 0.15) is 7.85 Å². The first-order valence-electron chi connectivity index (χ1n) is 2.68. The fraction of sp³-hybridized carbons (Fsp3) is 0.333. The molecule has 0 aromatic rings. The van der Waals surface area contributed by atoms with Crippen molar-refractivity contribution in [1.29, 1.82) is 0 Å². The van der Waals surface area contributed by atoms with Crippen LogP contribution in [-0.4, -0.2) is 13.9 Å². The van der Waals surface area contributed by atoms with Gasteiger partial charge in [0.2, 0.25) is 0 Å². The average molecular weight is 105 g/mol. The van der Waals surface area contributed by atoms with E-state index < -0.39 is 0 Å². The van der Waals surface area contributed by atoms with Crippen LogP contribution in [0.2, 0.25) is 0 Å². The van der Waals surface area contributed by atoms with Crippen LogP contribution in [0.1, 0.15) is 6.42 Å². The Labute approximate surface area is 50.7 Å². The largest absolute Gasteiger partial charge is 0.324 e. The second kappa shape index (κ2) is 2.18. The van der Waals surface area contributed by atoms with E-state index >= 15 is 0 Å². The predicted molar refractivity (Wildman–Crippen MR) is 35.6 cm³/mol. The molecular formula is C6H8BN. The molecule has 2 radical (unpaired) electrons. The van der Waals surface area contributed by atoms with E-state index in [1.165, 1.54) is 0 Å². The van der Waals surface area contributed by atoms with Gasteiger partial charge in [-0.15, -0.1) is 5.47 Å². The van der Waals surface area contributed by atoms with Gasteiger partial charge >= 0.3 is 0 Å². The van der Waals surface area contributed by atoms with Crippen molar-refractivity contribution in [2.24, 2.45) is 5.73 Å². The Morgan fingerprint density at radius 3 is 2.88 bits per heavy atom. The summed E-state index contributed by atoms with van der Waals surface area (Å²) in [7, 11) is 5.42. The second-order valence-electron chi connectivity index (χ2n) is 1.96. The zero-order chi connectivity index (χ0) is 5.98.